The minimum Gasteiger partial charge on any atom is -0.496 e. The topological polar surface area (TPSA) is 57.1 Å². The Morgan fingerprint density at radius 1 is 1.03 bits per heavy atom. The van der Waals surface area contributed by atoms with E-state index in [0.29, 0.717) is 28.7 Å². The zero-order valence-electron chi connectivity index (χ0n) is 16.2. The SMILES string of the molecule is COc1ccccc1C1=NC(=Cc2cccc(OCc3ccccc3Cl)c2)C(=O)O1. The number of ether oxygens (including phenoxy) is 3. The average Bonchev–Trinajstić information content (AvgIpc) is 3.13. The summed E-state index contributed by atoms with van der Waals surface area (Å²) in [6, 6.07) is 22.1. The normalized spacial score (nSPS) is 14.4. The Hall–Kier alpha value is -3.57. The van der Waals surface area contributed by atoms with E-state index in [1.807, 2.05) is 60.7 Å². The van der Waals surface area contributed by atoms with Gasteiger partial charge in [0, 0.05) is 10.6 Å². The molecule has 1 aliphatic heterocycles. The molecule has 1 heterocycles. The van der Waals surface area contributed by atoms with E-state index in [2.05, 4.69) is 4.99 Å². The summed E-state index contributed by atoms with van der Waals surface area (Å²) in [6.07, 6.45) is 1.66. The molecule has 0 aromatic heterocycles. The molecule has 4 rings (SSSR count). The van der Waals surface area contributed by atoms with Gasteiger partial charge < -0.3 is 14.2 Å². The molecule has 3 aromatic carbocycles. The van der Waals surface area contributed by atoms with Crippen LogP contribution in [0.3, 0.4) is 0 Å². The molecule has 30 heavy (non-hydrogen) atoms. The molecule has 150 valence electrons. The van der Waals surface area contributed by atoms with Crippen molar-refractivity contribution in [3.63, 3.8) is 0 Å². The number of esters is 1. The molecule has 0 saturated carbocycles. The van der Waals surface area contributed by atoms with Gasteiger partial charge >= 0.3 is 5.97 Å². The number of rotatable bonds is 6. The van der Waals surface area contributed by atoms with Crippen LogP contribution >= 0.6 is 11.6 Å². The van der Waals surface area contributed by atoms with Crippen molar-refractivity contribution in [3.8, 4) is 11.5 Å². The quantitative estimate of drug-likeness (QED) is 0.403. The van der Waals surface area contributed by atoms with Crippen molar-refractivity contribution in [2.45, 2.75) is 6.61 Å². The van der Waals surface area contributed by atoms with Gasteiger partial charge in [0.15, 0.2) is 5.70 Å². The van der Waals surface area contributed by atoms with Crippen LogP contribution in [-0.4, -0.2) is 19.0 Å². The Bertz CT molecular complexity index is 1150. The minimum absolute atomic E-state index is 0.208. The summed E-state index contributed by atoms with van der Waals surface area (Å²) in [5, 5.41) is 0.655. The standard InChI is InChI=1S/C24H18ClNO4/c1-28-22-12-5-3-10-19(22)23-26-21(24(27)30-23)14-16-7-6-9-18(13-16)29-15-17-8-2-4-11-20(17)25/h2-14H,15H2,1H3. The van der Waals surface area contributed by atoms with E-state index in [1.54, 1.807) is 25.3 Å². The number of para-hydroxylation sites is 1. The molecule has 0 aliphatic carbocycles. The summed E-state index contributed by atoms with van der Waals surface area (Å²) < 4.78 is 16.5. The third-order valence-corrected chi connectivity index (χ3v) is 4.84. The molecule has 0 unspecified atom stereocenters. The van der Waals surface area contributed by atoms with Gasteiger partial charge in [0.1, 0.15) is 18.1 Å². The molecule has 0 bridgehead atoms. The Morgan fingerprint density at radius 2 is 1.83 bits per heavy atom. The summed E-state index contributed by atoms with van der Waals surface area (Å²) in [7, 11) is 1.56. The van der Waals surface area contributed by atoms with E-state index < -0.39 is 5.97 Å². The van der Waals surface area contributed by atoms with Crippen molar-refractivity contribution in [1.29, 1.82) is 0 Å². The molecule has 5 nitrogen and oxygen atoms in total. The van der Waals surface area contributed by atoms with Gasteiger partial charge in [-0.1, -0.05) is 54.1 Å². The van der Waals surface area contributed by atoms with Crippen LogP contribution in [0.2, 0.25) is 5.02 Å². The molecule has 0 atom stereocenters. The first kappa shape index (κ1) is 19.7. The number of halogens is 1. The van der Waals surface area contributed by atoms with Gasteiger partial charge in [-0.2, -0.15) is 0 Å². The summed E-state index contributed by atoms with van der Waals surface area (Å²) in [6.45, 7) is 0.345. The van der Waals surface area contributed by atoms with Crippen LogP contribution in [0.15, 0.2) is 83.5 Å². The van der Waals surface area contributed by atoms with Gasteiger partial charge in [-0.15, -0.1) is 0 Å². The molecule has 0 radical (unpaired) electrons. The fraction of sp³-hybridized carbons (Fsp3) is 0.0833. The monoisotopic (exact) mass is 419 g/mol. The average molecular weight is 420 g/mol. The molecule has 0 spiro atoms. The molecular formula is C24H18ClNO4. The van der Waals surface area contributed by atoms with Crippen LogP contribution in [0.4, 0.5) is 0 Å². The van der Waals surface area contributed by atoms with Crippen molar-refractivity contribution in [2.24, 2.45) is 4.99 Å². The fourth-order valence-electron chi connectivity index (χ4n) is 2.97. The largest absolute Gasteiger partial charge is 0.496 e. The zero-order chi connectivity index (χ0) is 20.9. The van der Waals surface area contributed by atoms with Crippen molar-refractivity contribution in [2.75, 3.05) is 7.11 Å². The second kappa shape index (κ2) is 8.84. The summed E-state index contributed by atoms with van der Waals surface area (Å²) in [4.78, 5) is 16.6. The molecule has 0 N–H and O–H groups in total. The molecule has 0 amide bonds. The summed E-state index contributed by atoms with van der Waals surface area (Å²) in [5.74, 6) is 0.943. The number of hydrogen-bond donors (Lipinski definition) is 0. The number of methoxy groups -OCH3 is 1. The van der Waals surface area contributed by atoms with Crippen molar-refractivity contribution in [1.82, 2.24) is 0 Å². The molecule has 0 fully saturated rings. The summed E-state index contributed by atoms with van der Waals surface area (Å²) in [5.41, 5.74) is 2.49. The zero-order valence-corrected chi connectivity index (χ0v) is 16.9. The lowest BCUT2D eigenvalue weighted by atomic mass is 10.2. The lowest BCUT2D eigenvalue weighted by molar-refractivity contribution is -0.129. The second-order valence-corrected chi connectivity index (χ2v) is 6.90. The smallest absolute Gasteiger partial charge is 0.363 e. The lowest BCUT2D eigenvalue weighted by Crippen LogP contribution is -2.06. The maximum Gasteiger partial charge on any atom is 0.363 e. The van der Waals surface area contributed by atoms with Crippen LogP contribution in [0.5, 0.6) is 11.5 Å². The molecular weight excluding hydrogens is 402 g/mol. The molecule has 3 aromatic rings. The van der Waals surface area contributed by atoms with E-state index >= 15 is 0 Å². The number of aliphatic imine (C=N–C) groups is 1. The maximum absolute atomic E-state index is 12.3. The van der Waals surface area contributed by atoms with Crippen LogP contribution < -0.4 is 9.47 Å². The third kappa shape index (κ3) is 4.36. The lowest BCUT2D eigenvalue weighted by Gasteiger charge is -2.08. The van der Waals surface area contributed by atoms with Gasteiger partial charge in [-0.3, -0.25) is 0 Å². The van der Waals surface area contributed by atoms with Gasteiger partial charge in [0.2, 0.25) is 5.90 Å². The van der Waals surface area contributed by atoms with Crippen molar-refractivity contribution < 1.29 is 19.0 Å². The van der Waals surface area contributed by atoms with Gasteiger partial charge in [-0.05, 0) is 42.0 Å². The maximum atomic E-state index is 12.3. The second-order valence-electron chi connectivity index (χ2n) is 6.49. The van der Waals surface area contributed by atoms with Gasteiger partial charge in [0.25, 0.3) is 0 Å². The highest BCUT2D eigenvalue weighted by molar-refractivity contribution is 6.31. The Kier molecular flexibility index (Phi) is 5.82. The Morgan fingerprint density at radius 3 is 2.67 bits per heavy atom. The number of carbonyl (C=O) groups excluding carboxylic acids is 1. The minimum atomic E-state index is -0.515. The van der Waals surface area contributed by atoms with E-state index in [-0.39, 0.29) is 11.6 Å². The van der Waals surface area contributed by atoms with Crippen LogP contribution in [-0.2, 0) is 16.1 Å². The third-order valence-electron chi connectivity index (χ3n) is 4.47. The van der Waals surface area contributed by atoms with Crippen molar-refractivity contribution >= 4 is 29.5 Å². The number of hydrogen-bond acceptors (Lipinski definition) is 5. The van der Waals surface area contributed by atoms with Crippen molar-refractivity contribution in [3.05, 3.63) is 100 Å². The first-order valence-corrected chi connectivity index (χ1v) is 9.64. The number of benzene rings is 3. The van der Waals surface area contributed by atoms with E-state index in [9.17, 15) is 4.79 Å². The Balaban J connectivity index is 1.54. The van der Waals surface area contributed by atoms with Crippen LogP contribution in [0.1, 0.15) is 16.7 Å². The summed E-state index contributed by atoms with van der Waals surface area (Å²) >= 11 is 6.17. The highest BCUT2D eigenvalue weighted by Gasteiger charge is 2.26. The number of carbonyl (C=O) groups is 1. The predicted molar refractivity (Wildman–Crippen MR) is 116 cm³/mol. The highest BCUT2D eigenvalue weighted by atomic mass is 35.5. The molecule has 1 aliphatic rings. The van der Waals surface area contributed by atoms with Gasteiger partial charge in [0.05, 0.1) is 12.7 Å². The number of nitrogens with zero attached hydrogens (tertiary/aromatic N) is 1. The Labute approximate surface area is 179 Å². The van der Waals surface area contributed by atoms with E-state index in [0.717, 1.165) is 11.1 Å². The van der Waals surface area contributed by atoms with Crippen LogP contribution in [0, 0.1) is 0 Å². The van der Waals surface area contributed by atoms with Gasteiger partial charge in [-0.25, -0.2) is 9.79 Å². The molecule has 0 saturated heterocycles. The first-order chi connectivity index (χ1) is 14.6. The van der Waals surface area contributed by atoms with Crippen LogP contribution in [0.25, 0.3) is 6.08 Å². The van der Waals surface area contributed by atoms with E-state index in [4.69, 9.17) is 25.8 Å². The first-order valence-electron chi connectivity index (χ1n) is 9.26. The highest BCUT2D eigenvalue weighted by Crippen LogP contribution is 2.26. The van der Waals surface area contributed by atoms with E-state index in [1.165, 1.54) is 0 Å². The fourth-order valence-corrected chi connectivity index (χ4v) is 3.16. The number of cyclic esters (lactones) is 1. The predicted octanol–water partition coefficient (Wildman–Crippen LogP) is 5.27. The molecule has 6 heteroatoms.